The molecule has 0 unspecified atom stereocenters. The Bertz CT molecular complexity index is 1470. The van der Waals surface area contributed by atoms with Crippen LogP contribution in [0.3, 0.4) is 0 Å². The standard InChI is InChI=1S/C30H34ClF4N6O.C2H4O.Pb/c1-18(2)41(17-30(33,34)35)19(3)22-11-20(32)5-6-25(22)38-28(27(31)36)40-15-29(16-40)12-21(13-29)42-26-7-9-37-24-8-10-39(4)14-23(24)26;1-2-3;/h5-7,9,11,18,21,36H,3-4,8,10,12-17H2,1-2H3;2-3H,1H2;. The van der Waals surface area contributed by atoms with Gasteiger partial charge >= 0.3 is 148 Å². The zero-order valence-electron chi connectivity index (χ0n) is 25.9. The van der Waals surface area contributed by atoms with E-state index in [0.29, 0.717) is 13.1 Å². The number of fused-ring (bicyclic) bond motifs is 1. The average Bonchev–Trinajstić information content (AvgIpc) is 2.95. The van der Waals surface area contributed by atoms with E-state index in [1.807, 2.05) is 17.2 Å². The monoisotopic (exact) mass is 857 g/mol. The van der Waals surface area contributed by atoms with Crippen molar-refractivity contribution in [1.82, 2.24) is 19.7 Å². The van der Waals surface area contributed by atoms with Crippen LogP contribution in [-0.4, -0.2) is 110 Å². The number of aliphatic hydroxyl groups excluding tert-OH is 1. The summed E-state index contributed by atoms with van der Waals surface area (Å²) >= 11 is 7.29. The van der Waals surface area contributed by atoms with Gasteiger partial charge in [0.25, 0.3) is 0 Å². The van der Waals surface area contributed by atoms with E-state index in [9.17, 15) is 17.6 Å². The molecule has 2 fully saturated rings. The number of pyridine rings is 1. The van der Waals surface area contributed by atoms with Crippen molar-refractivity contribution in [3.8, 4) is 5.75 Å². The maximum absolute atomic E-state index is 14.3. The van der Waals surface area contributed by atoms with Crippen molar-refractivity contribution >= 4 is 59.8 Å². The topological polar surface area (TPSA) is 88.3 Å². The number of aliphatic hydroxyl groups is 1. The van der Waals surface area contributed by atoms with Crippen LogP contribution in [-0.2, 0) is 13.0 Å². The van der Waals surface area contributed by atoms with Crippen LogP contribution in [0.1, 0.15) is 43.5 Å². The molecular weight excluding hydrogens is 819 g/mol. The maximum Gasteiger partial charge on any atom is 0.405 e. The van der Waals surface area contributed by atoms with Gasteiger partial charge in [0, 0.05) is 17.3 Å². The second-order valence-corrected chi connectivity index (χ2v) is 13.7. The Morgan fingerprint density at radius 3 is 2.59 bits per heavy atom. The molecule has 1 aromatic heterocycles. The van der Waals surface area contributed by atoms with Gasteiger partial charge in [-0.15, -0.1) is 0 Å². The fourth-order valence-corrected chi connectivity index (χ4v) is 7.41. The number of aromatic nitrogens is 1. The minimum absolute atomic E-state index is 0.00692. The molecule has 1 spiro atoms. The first-order valence-electron chi connectivity index (χ1n) is 14.8. The van der Waals surface area contributed by atoms with Gasteiger partial charge in [-0.25, -0.2) is 9.38 Å². The summed E-state index contributed by atoms with van der Waals surface area (Å²) in [4.78, 5) is 14.5. The molecule has 0 amide bonds. The van der Waals surface area contributed by atoms with Gasteiger partial charge < -0.3 is 10.0 Å². The summed E-state index contributed by atoms with van der Waals surface area (Å²) < 4.78 is 61.8. The number of nitrogens with zero attached hydrogens (tertiary/aromatic N) is 5. The van der Waals surface area contributed by atoms with Crippen molar-refractivity contribution in [2.24, 2.45) is 10.4 Å². The molecule has 8 nitrogen and oxygen atoms in total. The zero-order chi connectivity index (χ0) is 33.8. The molecule has 0 atom stereocenters. The molecule has 2 N–H and O–H groups in total. The SMILES string of the molecule is C=C(c1cc(F)ccc1N=C(C(=N)Cl)N1CC2(CC(Oc3ccnc4c3CN([CH2][Pb])CC4)C2)C1)N(CC(F)(F)F)C(C)C.C=CO. The minimum atomic E-state index is -4.47. The van der Waals surface area contributed by atoms with Crippen molar-refractivity contribution < 1.29 is 27.4 Å². The Balaban J connectivity index is 0.00000154. The smallest absolute Gasteiger partial charge is 0.405 e. The molecule has 247 valence electrons. The number of aliphatic imine (C=N–C) groups is 1. The van der Waals surface area contributed by atoms with Crippen molar-refractivity contribution in [2.45, 2.75) is 58.0 Å². The van der Waals surface area contributed by atoms with E-state index in [1.54, 1.807) is 13.8 Å². The van der Waals surface area contributed by atoms with Gasteiger partial charge in [-0.05, 0) is 32.0 Å². The summed E-state index contributed by atoms with van der Waals surface area (Å²) in [6.07, 6.45) is 0.823. The van der Waals surface area contributed by atoms with Crippen LogP contribution in [0.15, 0.2) is 54.9 Å². The Morgan fingerprint density at radius 2 is 2.00 bits per heavy atom. The van der Waals surface area contributed by atoms with Crippen LogP contribution in [0.4, 0.5) is 23.2 Å². The van der Waals surface area contributed by atoms with Gasteiger partial charge in [-0.2, -0.15) is 13.2 Å². The minimum Gasteiger partial charge on any atom is -0.516 e. The maximum atomic E-state index is 14.3. The number of alkyl halides is 3. The predicted octanol–water partition coefficient (Wildman–Crippen LogP) is 6.43. The third-order valence-corrected chi connectivity index (χ3v) is 10.3. The number of hydrogen-bond donors (Lipinski definition) is 2. The molecule has 1 saturated heterocycles. The van der Waals surface area contributed by atoms with E-state index in [-0.39, 0.29) is 39.5 Å². The summed E-state index contributed by atoms with van der Waals surface area (Å²) in [7, 11) is 0. The molecule has 3 radical (unpaired) electrons. The first kappa shape index (κ1) is 36.1. The molecule has 46 heavy (non-hydrogen) atoms. The zero-order valence-corrected chi connectivity index (χ0v) is 30.5. The van der Waals surface area contributed by atoms with Gasteiger partial charge in [-0.1, -0.05) is 24.8 Å². The number of halogens is 5. The van der Waals surface area contributed by atoms with Crippen LogP contribution >= 0.6 is 11.6 Å². The number of hydrogen-bond acceptors (Lipinski definition) is 7. The largest absolute Gasteiger partial charge is 0.516 e. The quantitative estimate of drug-likeness (QED) is 0.0996. The summed E-state index contributed by atoms with van der Waals surface area (Å²) in [5, 5.41) is 15.2. The Morgan fingerprint density at radius 1 is 1.33 bits per heavy atom. The van der Waals surface area contributed by atoms with E-state index >= 15 is 0 Å². The van der Waals surface area contributed by atoms with Gasteiger partial charge in [0.1, 0.15) is 12.4 Å². The number of benzene rings is 1. The second-order valence-electron chi connectivity index (χ2n) is 12.1. The van der Waals surface area contributed by atoms with Crippen LogP contribution in [0, 0.1) is 16.6 Å². The van der Waals surface area contributed by atoms with E-state index in [1.165, 1.54) is 17.7 Å². The fourth-order valence-electron chi connectivity index (χ4n) is 6.20. The molecule has 0 bridgehead atoms. The number of nitrogens with one attached hydrogen (secondary N) is 1. The van der Waals surface area contributed by atoms with Gasteiger partial charge in [0.2, 0.25) is 0 Å². The predicted molar refractivity (Wildman–Crippen MR) is 173 cm³/mol. The van der Waals surface area contributed by atoms with Crippen molar-refractivity contribution in [3.05, 3.63) is 72.5 Å². The summed E-state index contributed by atoms with van der Waals surface area (Å²) in [5.74, 6) is 0.475. The molecule has 5 rings (SSSR count). The molecular formula is C32H38ClF4N6O2Pb. The summed E-state index contributed by atoms with van der Waals surface area (Å²) in [6.45, 7) is 11.9. The third kappa shape index (κ3) is 8.59. The number of rotatable bonds is 9. The Kier molecular flexibility index (Phi) is 11.8. The van der Waals surface area contributed by atoms with Gasteiger partial charge in [-0.3, -0.25) is 5.41 Å². The van der Waals surface area contributed by atoms with Gasteiger partial charge in [0.05, 0.1) is 11.9 Å². The van der Waals surface area contributed by atoms with E-state index < -0.39 is 24.6 Å². The van der Waals surface area contributed by atoms with Crippen LogP contribution < -0.4 is 4.74 Å². The van der Waals surface area contributed by atoms with Crippen molar-refractivity contribution in [3.63, 3.8) is 0 Å². The number of ether oxygens (including phenoxy) is 1. The molecule has 2 aromatic rings. The van der Waals surface area contributed by atoms with E-state index in [4.69, 9.17) is 26.9 Å². The van der Waals surface area contributed by atoms with Crippen LogP contribution in [0.25, 0.3) is 5.70 Å². The molecule has 3 aliphatic rings. The van der Waals surface area contributed by atoms with E-state index in [0.717, 1.165) is 90.9 Å². The van der Waals surface area contributed by atoms with Crippen LogP contribution in [0.2, 0.25) is 0 Å². The van der Waals surface area contributed by atoms with E-state index in [2.05, 4.69) is 28.0 Å². The molecule has 14 heteroatoms. The molecule has 3 heterocycles. The molecule has 1 aromatic carbocycles. The normalized spacial score (nSPS) is 17.8. The van der Waals surface area contributed by atoms with Crippen molar-refractivity contribution in [1.29, 1.82) is 5.41 Å². The second kappa shape index (κ2) is 15.0. The van der Waals surface area contributed by atoms with Gasteiger partial charge in [0.15, 0.2) is 5.17 Å². The van der Waals surface area contributed by atoms with Crippen LogP contribution in [0.5, 0.6) is 5.75 Å². The number of likely N-dealkylation sites (tertiary alicyclic amines) is 1. The Hall–Kier alpha value is -2.72. The summed E-state index contributed by atoms with van der Waals surface area (Å²) in [5.41, 5.74) is 2.63. The van der Waals surface area contributed by atoms with Crippen molar-refractivity contribution in [2.75, 3.05) is 30.3 Å². The number of amidine groups is 1. The third-order valence-electron chi connectivity index (χ3n) is 8.35. The first-order valence-corrected chi connectivity index (χ1v) is 18.0. The summed E-state index contributed by atoms with van der Waals surface area (Å²) in [6, 6.07) is 5.08. The fraction of sp³-hybridized carbons (Fsp3) is 0.469. The molecule has 2 aliphatic heterocycles. The first-order chi connectivity index (χ1) is 21.7. The average molecular weight is 857 g/mol. The Labute approximate surface area is 288 Å². The molecule has 1 saturated carbocycles. The molecule has 1 aliphatic carbocycles.